The van der Waals surface area contributed by atoms with Gasteiger partial charge >= 0.3 is 0 Å². The average Bonchev–Trinajstić information content (AvgIpc) is 2.65. The maximum atomic E-state index is 12.6. The molecule has 2 aromatic rings. The maximum Gasteiger partial charge on any atom is 0.227 e. The van der Waals surface area contributed by atoms with Crippen LogP contribution in [0.3, 0.4) is 0 Å². The molecule has 0 spiro atoms. The maximum absolute atomic E-state index is 12.6. The topological polar surface area (TPSA) is 73.6 Å². The number of hydrogen-bond donors (Lipinski definition) is 2. The number of para-hydroxylation sites is 2. The van der Waals surface area contributed by atoms with Gasteiger partial charge in [0.15, 0.2) is 5.75 Å². The summed E-state index contributed by atoms with van der Waals surface area (Å²) in [5.74, 6) is 2.09. The zero-order chi connectivity index (χ0) is 18.4. The number of amides is 1. The largest absolute Gasteiger partial charge is 0.494 e. The third kappa shape index (κ3) is 5.88. The lowest BCUT2D eigenvalue weighted by Gasteiger charge is -2.26. The minimum absolute atomic E-state index is 0. The van der Waals surface area contributed by atoms with E-state index in [0.29, 0.717) is 23.8 Å². The number of hydrogen-bond acceptors (Lipinski definition) is 4. The number of benzene rings is 2. The molecule has 5 nitrogen and oxygen atoms in total. The van der Waals surface area contributed by atoms with Crippen molar-refractivity contribution in [2.45, 2.75) is 38.6 Å². The van der Waals surface area contributed by atoms with Gasteiger partial charge in [-0.1, -0.05) is 18.6 Å². The Morgan fingerprint density at radius 2 is 1.81 bits per heavy atom. The van der Waals surface area contributed by atoms with Gasteiger partial charge in [0.1, 0.15) is 11.5 Å². The van der Waals surface area contributed by atoms with E-state index < -0.39 is 0 Å². The number of nitrogens with one attached hydrogen (secondary N) is 1. The molecular formula is C21H27ClN2O3. The van der Waals surface area contributed by atoms with Crippen molar-refractivity contribution in [2.24, 2.45) is 11.7 Å². The molecule has 0 saturated heterocycles. The van der Waals surface area contributed by atoms with E-state index in [1.165, 1.54) is 0 Å². The summed E-state index contributed by atoms with van der Waals surface area (Å²) in [6.07, 6.45) is 3.64. The van der Waals surface area contributed by atoms with Gasteiger partial charge in [-0.15, -0.1) is 12.4 Å². The van der Waals surface area contributed by atoms with Crippen molar-refractivity contribution in [3.05, 3.63) is 48.5 Å². The van der Waals surface area contributed by atoms with Crippen LogP contribution in [0.15, 0.2) is 48.5 Å². The van der Waals surface area contributed by atoms with Gasteiger partial charge < -0.3 is 20.5 Å². The van der Waals surface area contributed by atoms with Crippen molar-refractivity contribution >= 4 is 24.0 Å². The van der Waals surface area contributed by atoms with Gasteiger partial charge in [-0.2, -0.15) is 0 Å². The molecule has 1 aliphatic carbocycles. The minimum atomic E-state index is -0.0303. The van der Waals surface area contributed by atoms with Gasteiger partial charge in [-0.05, 0) is 62.6 Å². The van der Waals surface area contributed by atoms with E-state index in [0.717, 1.165) is 31.4 Å². The predicted molar refractivity (Wildman–Crippen MR) is 110 cm³/mol. The van der Waals surface area contributed by atoms with Crippen LogP contribution >= 0.6 is 12.4 Å². The highest BCUT2D eigenvalue weighted by atomic mass is 35.5. The highest BCUT2D eigenvalue weighted by Gasteiger charge is 2.25. The molecule has 0 aromatic heterocycles. The smallest absolute Gasteiger partial charge is 0.227 e. The van der Waals surface area contributed by atoms with Crippen molar-refractivity contribution in [1.82, 2.24) is 0 Å². The lowest BCUT2D eigenvalue weighted by molar-refractivity contribution is -0.120. The summed E-state index contributed by atoms with van der Waals surface area (Å²) in [6.45, 7) is 2.57. The monoisotopic (exact) mass is 390 g/mol. The van der Waals surface area contributed by atoms with Crippen molar-refractivity contribution in [1.29, 1.82) is 0 Å². The van der Waals surface area contributed by atoms with E-state index in [1.807, 2.05) is 55.5 Å². The summed E-state index contributed by atoms with van der Waals surface area (Å²) < 4.78 is 11.4. The molecule has 1 saturated carbocycles. The van der Waals surface area contributed by atoms with Crippen LogP contribution in [0.1, 0.15) is 32.6 Å². The van der Waals surface area contributed by atoms with Crippen molar-refractivity contribution in [3.8, 4) is 17.2 Å². The predicted octanol–water partition coefficient (Wildman–Crippen LogP) is 4.76. The number of nitrogens with two attached hydrogens (primary N) is 1. The van der Waals surface area contributed by atoms with Crippen LogP contribution in [0.4, 0.5) is 5.69 Å². The molecule has 3 rings (SSSR count). The molecule has 1 aliphatic rings. The number of carbonyl (C=O) groups excluding carboxylic acids is 1. The normalized spacial score (nSPS) is 18.9. The first-order chi connectivity index (χ1) is 12.7. The molecule has 0 radical (unpaired) electrons. The second-order valence-corrected chi connectivity index (χ2v) is 6.62. The van der Waals surface area contributed by atoms with Crippen molar-refractivity contribution in [3.63, 3.8) is 0 Å². The first kappa shape index (κ1) is 21.1. The van der Waals surface area contributed by atoms with Crippen LogP contribution < -0.4 is 20.5 Å². The van der Waals surface area contributed by atoms with Gasteiger partial charge in [-0.25, -0.2) is 0 Å². The van der Waals surface area contributed by atoms with E-state index in [1.54, 1.807) is 0 Å². The fourth-order valence-electron chi connectivity index (χ4n) is 3.26. The van der Waals surface area contributed by atoms with Crippen LogP contribution in [0, 0.1) is 5.92 Å². The Kier molecular flexibility index (Phi) is 7.95. The third-order valence-corrected chi connectivity index (χ3v) is 4.59. The van der Waals surface area contributed by atoms with Gasteiger partial charge in [0.25, 0.3) is 0 Å². The van der Waals surface area contributed by atoms with Crippen LogP contribution in [-0.4, -0.2) is 18.6 Å². The zero-order valence-electron chi connectivity index (χ0n) is 15.5. The van der Waals surface area contributed by atoms with E-state index in [9.17, 15) is 4.79 Å². The minimum Gasteiger partial charge on any atom is -0.494 e. The lowest BCUT2D eigenvalue weighted by atomic mass is 9.85. The summed E-state index contributed by atoms with van der Waals surface area (Å²) in [5, 5.41) is 3.01. The Morgan fingerprint density at radius 1 is 1.11 bits per heavy atom. The molecule has 6 heteroatoms. The summed E-state index contributed by atoms with van der Waals surface area (Å²) in [4.78, 5) is 12.6. The molecule has 2 unspecified atom stereocenters. The second kappa shape index (κ2) is 10.2. The molecule has 1 amide bonds. The standard InChI is InChI=1S/C21H26N2O3.ClH/c1-2-25-17-10-12-18(13-11-17)26-20-9-4-3-8-19(20)23-21(24)15-6-5-7-16(22)14-15;/h3-4,8-13,15-16H,2,5-7,14,22H2,1H3,(H,23,24);1H. The summed E-state index contributed by atoms with van der Waals surface area (Å²) >= 11 is 0. The number of rotatable bonds is 6. The Labute approximate surface area is 166 Å². The highest BCUT2D eigenvalue weighted by Crippen LogP contribution is 2.32. The van der Waals surface area contributed by atoms with Gasteiger partial charge in [0, 0.05) is 12.0 Å². The number of anilines is 1. The van der Waals surface area contributed by atoms with Crippen LogP contribution in [0.5, 0.6) is 17.2 Å². The van der Waals surface area contributed by atoms with Crippen molar-refractivity contribution < 1.29 is 14.3 Å². The van der Waals surface area contributed by atoms with Crippen LogP contribution in [0.25, 0.3) is 0 Å². The molecule has 146 valence electrons. The Morgan fingerprint density at radius 3 is 2.52 bits per heavy atom. The fraction of sp³-hybridized carbons (Fsp3) is 0.381. The molecule has 27 heavy (non-hydrogen) atoms. The molecule has 1 fully saturated rings. The Bertz CT molecular complexity index is 736. The highest BCUT2D eigenvalue weighted by molar-refractivity contribution is 5.94. The lowest BCUT2D eigenvalue weighted by Crippen LogP contribution is -2.34. The zero-order valence-corrected chi connectivity index (χ0v) is 16.3. The third-order valence-electron chi connectivity index (χ3n) is 4.59. The summed E-state index contributed by atoms with van der Waals surface area (Å²) in [6, 6.07) is 15.0. The molecule has 0 bridgehead atoms. The van der Waals surface area contributed by atoms with E-state index >= 15 is 0 Å². The molecule has 0 aliphatic heterocycles. The SMILES string of the molecule is CCOc1ccc(Oc2ccccc2NC(=O)C2CCCC(N)C2)cc1.Cl. The quantitative estimate of drug-likeness (QED) is 0.746. The van der Waals surface area contributed by atoms with E-state index in [-0.39, 0.29) is 30.3 Å². The summed E-state index contributed by atoms with van der Waals surface area (Å²) in [5.41, 5.74) is 6.68. The van der Waals surface area contributed by atoms with Crippen LogP contribution in [-0.2, 0) is 4.79 Å². The summed E-state index contributed by atoms with van der Waals surface area (Å²) in [7, 11) is 0. The van der Waals surface area contributed by atoms with E-state index in [4.69, 9.17) is 15.2 Å². The molecule has 3 N–H and O–H groups in total. The van der Waals surface area contributed by atoms with Crippen LogP contribution in [0.2, 0.25) is 0 Å². The number of halogens is 1. The first-order valence-electron chi connectivity index (χ1n) is 9.22. The van der Waals surface area contributed by atoms with E-state index in [2.05, 4.69) is 5.32 Å². The number of carbonyl (C=O) groups is 1. The van der Waals surface area contributed by atoms with Gasteiger partial charge in [0.05, 0.1) is 12.3 Å². The second-order valence-electron chi connectivity index (χ2n) is 6.62. The first-order valence-corrected chi connectivity index (χ1v) is 9.22. The molecule has 2 atom stereocenters. The Hall–Kier alpha value is -2.24. The Balaban J connectivity index is 0.00000261. The molecule has 2 aromatic carbocycles. The fourth-order valence-corrected chi connectivity index (χ4v) is 3.26. The van der Waals surface area contributed by atoms with Gasteiger partial charge in [-0.3, -0.25) is 4.79 Å². The average molecular weight is 391 g/mol. The van der Waals surface area contributed by atoms with Gasteiger partial charge in [0.2, 0.25) is 5.91 Å². The molecule has 0 heterocycles. The number of ether oxygens (including phenoxy) is 2. The van der Waals surface area contributed by atoms with Crippen molar-refractivity contribution in [2.75, 3.05) is 11.9 Å². The molecular weight excluding hydrogens is 364 g/mol.